The first-order valence-corrected chi connectivity index (χ1v) is 16.0. The average Bonchev–Trinajstić information content (AvgIpc) is 3.71. The highest BCUT2D eigenvalue weighted by Gasteiger charge is 2.55. The average molecular weight is 611 g/mol. The summed E-state index contributed by atoms with van der Waals surface area (Å²) in [7, 11) is 3.38. The second-order valence-electron chi connectivity index (χ2n) is 11.2. The molecule has 1 aromatic heterocycles. The number of amides is 1. The molecule has 1 amide bonds. The van der Waals surface area contributed by atoms with Gasteiger partial charge in [-0.25, -0.2) is 9.78 Å². The van der Waals surface area contributed by atoms with Gasteiger partial charge in [-0.15, -0.1) is 5.06 Å². The fraction of sp³-hybridized carbons (Fsp3) is 0.469. The maximum Gasteiger partial charge on any atom is 0.410 e. The molecule has 1 aliphatic heterocycles. The Morgan fingerprint density at radius 3 is 2.52 bits per heavy atom. The SMILES string of the molecule is CCCC[C@@H](C(=O)C1ON1[C@H](C)c1ccccc1)N(C(=O)OC)C1(CSc2ncc(-c3ccc(Cl)cc3)n2C)CCC1. The highest BCUT2D eigenvalue weighted by molar-refractivity contribution is 7.99. The highest BCUT2D eigenvalue weighted by atomic mass is 35.5. The van der Waals surface area contributed by atoms with Crippen molar-refractivity contribution in [2.75, 3.05) is 12.9 Å². The molecule has 1 saturated heterocycles. The number of Topliss-reactive ketones (excluding diaryl/α,β-unsaturated/α-hetero) is 1. The van der Waals surface area contributed by atoms with Crippen molar-refractivity contribution < 1.29 is 19.2 Å². The van der Waals surface area contributed by atoms with E-state index in [0.29, 0.717) is 17.2 Å². The van der Waals surface area contributed by atoms with Crippen molar-refractivity contribution in [3.05, 3.63) is 71.4 Å². The largest absolute Gasteiger partial charge is 0.453 e. The summed E-state index contributed by atoms with van der Waals surface area (Å²) in [6, 6.07) is 17.0. The molecule has 2 aromatic carbocycles. The fourth-order valence-corrected chi connectivity index (χ4v) is 7.17. The van der Waals surface area contributed by atoms with Crippen LogP contribution in [-0.2, 0) is 21.4 Å². The van der Waals surface area contributed by atoms with E-state index < -0.39 is 23.9 Å². The number of unbranched alkanes of at least 4 members (excludes halogenated alkanes) is 1. The Morgan fingerprint density at radius 2 is 1.90 bits per heavy atom. The van der Waals surface area contributed by atoms with Gasteiger partial charge in [-0.1, -0.05) is 85.6 Å². The molecule has 2 fully saturated rings. The standard InChI is InChI=1S/C32H39ClN4O4S/c1-5-6-13-26(28(38)29-37(41-29)22(2)23-11-8-7-9-12-23)36(31(39)40-4)32(18-10-19-32)21-42-30-34-20-27(35(30)3)24-14-16-25(33)17-15-24/h7-9,11-12,14-17,20,22,26,29H,5-6,10,13,18-19,21H2,1-4H3/t22-,26+,29?,37?/m1/s1. The van der Waals surface area contributed by atoms with E-state index in [4.69, 9.17) is 26.2 Å². The quantitative estimate of drug-likeness (QED) is 0.148. The van der Waals surface area contributed by atoms with E-state index in [0.717, 1.165) is 54.1 Å². The lowest BCUT2D eigenvalue weighted by Gasteiger charge is -2.51. The molecule has 0 bridgehead atoms. The van der Waals surface area contributed by atoms with Crippen molar-refractivity contribution >= 4 is 35.2 Å². The normalized spacial score (nSPS) is 20.3. The number of hydrogen-bond donors (Lipinski definition) is 0. The number of imidazole rings is 1. The topological polar surface area (TPSA) is 80.0 Å². The third-order valence-corrected chi connectivity index (χ3v) is 10.1. The maximum absolute atomic E-state index is 14.1. The summed E-state index contributed by atoms with van der Waals surface area (Å²) in [5.41, 5.74) is 2.57. The number of carbonyl (C=O) groups excluding carboxylic acids is 2. The molecular formula is C32H39ClN4O4S. The van der Waals surface area contributed by atoms with Crippen LogP contribution in [0.2, 0.25) is 5.02 Å². The molecule has 2 heterocycles. The molecule has 8 nitrogen and oxygen atoms in total. The summed E-state index contributed by atoms with van der Waals surface area (Å²) in [6.07, 6.45) is 5.59. The molecule has 10 heteroatoms. The van der Waals surface area contributed by atoms with E-state index in [2.05, 4.69) is 11.5 Å². The number of hydroxylamine groups is 2. The molecule has 0 radical (unpaired) electrons. The minimum atomic E-state index is -0.685. The molecule has 5 rings (SSSR count). The summed E-state index contributed by atoms with van der Waals surface area (Å²) < 4.78 is 7.39. The van der Waals surface area contributed by atoms with Gasteiger partial charge in [0, 0.05) is 17.8 Å². The van der Waals surface area contributed by atoms with Crippen molar-refractivity contribution in [2.24, 2.45) is 7.05 Å². The molecule has 2 aliphatic rings. The Kier molecular flexibility index (Phi) is 9.62. The summed E-state index contributed by atoms with van der Waals surface area (Å²) >= 11 is 7.69. The number of thioether (sulfide) groups is 1. The van der Waals surface area contributed by atoms with Gasteiger partial charge in [-0.3, -0.25) is 14.5 Å². The van der Waals surface area contributed by atoms with Gasteiger partial charge in [0.1, 0.15) is 0 Å². The summed E-state index contributed by atoms with van der Waals surface area (Å²) in [4.78, 5) is 39.9. The lowest BCUT2D eigenvalue weighted by atomic mass is 9.75. The molecular weight excluding hydrogens is 572 g/mol. The van der Waals surface area contributed by atoms with Crippen LogP contribution in [0.4, 0.5) is 4.79 Å². The van der Waals surface area contributed by atoms with Crippen LogP contribution in [0.25, 0.3) is 11.3 Å². The number of ketones is 1. The smallest absolute Gasteiger partial charge is 0.410 e. The van der Waals surface area contributed by atoms with Crippen LogP contribution in [0.15, 0.2) is 66.0 Å². The van der Waals surface area contributed by atoms with Gasteiger partial charge in [0.05, 0.1) is 36.6 Å². The number of nitrogens with zero attached hydrogens (tertiary/aromatic N) is 4. The predicted octanol–water partition coefficient (Wildman–Crippen LogP) is 7.29. The molecule has 224 valence electrons. The third kappa shape index (κ3) is 6.25. The van der Waals surface area contributed by atoms with E-state index in [-0.39, 0.29) is 11.8 Å². The molecule has 0 spiro atoms. The van der Waals surface area contributed by atoms with Crippen molar-refractivity contribution in [1.29, 1.82) is 0 Å². The van der Waals surface area contributed by atoms with Gasteiger partial charge >= 0.3 is 6.09 Å². The number of halogens is 1. The molecule has 2 unspecified atom stereocenters. The molecule has 4 atom stereocenters. The Balaban J connectivity index is 1.36. The lowest BCUT2D eigenvalue weighted by molar-refractivity contribution is -0.129. The zero-order valence-electron chi connectivity index (χ0n) is 24.7. The molecule has 1 saturated carbocycles. The van der Waals surface area contributed by atoms with Crippen LogP contribution in [0.3, 0.4) is 0 Å². The highest BCUT2D eigenvalue weighted by Crippen LogP contribution is 2.45. The summed E-state index contributed by atoms with van der Waals surface area (Å²) in [5, 5.41) is 3.27. The number of benzene rings is 2. The van der Waals surface area contributed by atoms with Crippen LogP contribution in [0, 0.1) is 0 Å². The van der Waals surface area contributed by atoms with Crippen LogP contribution in [0.5, 0.6) is 0 Å². The number of aromatic nitrogens is 2. The monoisotopic (exact) mass is 610 g/mol. The van der Waals surface area contributed by atoms with E-state index in [1.165, 1.54) is 7.11 Å². The second kappa shape index (κ2) is 13.2. The van der Waals surface area contributed by atoms with Crippen LogP contribution >= 0.6 is 23.4 Å². The first-order valence-electron chi connectivity index (χ1n) is 14.6. The number of hydrogen-bond acceptors (Lipinski definition) is 7. The fourth-order valence-electron chi connectivity index (χ4n) is 5.80. The van der Waals surface area contributed by atoms with E-state index in [1.807, 2.05) is 74.8 Å². The number of carbonyl (C=O) groups is 2. The molecule has 1 aliphatic carbocycles. The van der Waals surface area contributed by atoms with Crippen molar-refractivity contribution in [2.45, 2.75) is 81.4 Å². The maximum atomic E-state index is 14.1. The first kappa shape index (κ1) is 30.6. The van der Waals surface area contributed by atoms with Gasteiger partial charge in [-0.05, 0) is 55.9 Å². The van der Waals surface area contributed by atoms with Crippen molar-refractivity contribution in [3.8, 4) is 11.3 Å². The van der Waals surface area contributed by atoms with Crippen molar-refractivity contribution in [1.82, 2.24) is 19.5 Å². The van der Waals surface area contributed by atoms with Crippen LogP contribution in [-0.4, -0.2) is 62.1 Å². The number of ether oxygens (including phenoxy) is 1. The molecule has 0 N–H and O–H groups in total. The second-order valence-corrected chi connectivity index (χ2v) is 12.5. The van der Waals surface area contributed by atoms with E-state index in [9.17, 15) is 9.59 Å². The van der Waals surface area contributed by atoms with Gasteiger partial charge < -0.3 is 9.30 Å². The minimum Gasteiger partial charge on any atom is -0.453 e. The Bertz CT molecular complexity index is 1380. The molecule has 3 aromatic rings. The van der Waals surface area contributed by atoms with Crippen LogP contribution in [0.1, 0.15) is 64.0 Å². The Labute approximate surface area is 257 Å². The van der Waals surface area contributed by atoms with E-state index >= 15 is 0 Å². The summed E-state index contributed by atoms with van der Waals surface area (Å²) in [6.45, 7) is 4.12. The third-order valence-electron chi connectivity index (χ3n) is 8.51. The zero-order valence-corrected chi connectivity index (χ0v) is 26.2. The minimum absolute atomic E-state index is 0.0787. The van der Waals surface area contributed by atoms with Gasteiger partial charge in [0.15, 0.2) is 5.16 Å². The Hall–Kier alpha value is -2.85. The van der Waals surface area contributed by atoms with Gasteiger partial charge in [0.25, 0.3) is 0 Å². The number of methoxy groups -OCH3 is 1. The molecule has 42 heavy (non-hydrogen) atoms. The predicted molar refractivity (Wildman–Crippen MR) is 165 cm³/mol. The lowest BCUT2D eigenvalue weighted by Crippen LogP contribution is -2.64. The first-order chi connectivity index (χ1) is 20.3. The zero-order chi connectivity index (χ0) is 29.9. The van der Waals surface area contributed by atoms with E-state index in [1.54, 1.807) is 21.7 Å². The Morgan fingerprint density at radius 1 is 1.19 bits per heavy atom. The van der Waals surface area contributed by atoms with Crippen LogP contribution < -0.4 is 0 Å². The van der Waals surface area contributed by atoms with Gasteiger partial charge in [0.2, 0.25) is 12.0 Å². The number of rotatable bonds is 13. The summed E-state index contributed by atoms with van der Waals surface area (Å²) in [5.74, 6) is 0.522. The van der Waals surface area contributed by atoms with Gasteiger partial charge in [-0.2, -0.15) is 0 Å². The van der Waals surface area contributed by atoms with Crippen molar-refractivity contribution in [3.63, 3.8) is 0 Å².